The highest BCUT2D eigenvalue weighted by molar-refractivity contribution is 5.94. The maximum absolute atomic E-state index is 2.57. The first-order valence-corrected chi connectivity index (χ1v) is 23.9. The number of benzene rings is 7. The van der Waals surface area contributed by atoms with Crippen molar-refractivity contribution in [3.63, 3.8) is 0 Å². The van der Waals surface area contributed by atoms with Crippen LogP contribution in [0.1, 0.15) is 162 Å². The van der Waals surface area contributed by atoms with E-state index in [0.29, 0.717) is 23.7 Å². The lowest BCUT2D eigenvalue weighted by atomic mass is 9.79. The topological polar surface area (TPSA) is 6.48 Å². The molecule has 0 amide bonds. The molecule has 326 valence electrons. The SMILES string of the molecule is Cc1cc(N(c2ccc(C(C)C)cc2)c2ccc(C(C)C)cc2)cc2c1-c1cc3c(cc1C2(C)C)-c1c(C)cc(N(c2ccc(C(C)C)cc2)c2ccc(C(C)C)cc2)cc1C3(C)C. The molecule has 0 atom stereocenters. The Hall–Kier alpha value is -5.86. The van der Waals surface area contributed by atoms with Gasteiger partial charge in [0.25, 0.3) is 0 Å². The van der Waals surface area contributed by atoms with Crippen molar-refractivity contribution < 1.29 is 0 Å². The molecule has 0 bridgehead atoms. The van der Waals surface area contributed by atoms with Gasteiger partial charge < -0.3 is 9.80 Å². The van der Waals surface area contributed by atoms with Gasteiger partial charge in [0, 0.05) is 45.0 Å². The summed E-state index contributed by atoms with van der Waals surface area (Å²) < 4.78 is 0. The number of nitrogens with zero attached hydrogens (tertiary/aromatic N) is 2. The molecule has 64 heavy (non-hydrogen) atoms. The summed E-state index contributed by atoms with van der Waals surface area (Å²) in [5.74, 6) is 1.92. The number of hydrogen-bond donors (Lipinski definition) is 0. The first-order valence-electron chi connectivity index (χ1n) is 23.9. The Balaban J connectivity index is 1.15. The Morgan fingerprint density at radius 1 is 0.312 bits per heavy atom. The molecule has 2 aliphatic carbocycles. The number of fused-ring (bicyclic) bond motifs is 6. The molecule has 7 aromatic rings. The minimum absolute atomic E-state index is 0.197. The lowest BCUT2D eigenvalue weighted by Gasteiger charge is -2.29. The van der Waals surface area contributed by atoms with Crippen LogP contribution < -0.4 is 9.80 Å². The highest BCUT2D eigenvalue weighted by Crippen LogP contribution is 2.59. The minimum Gasteiger partial charge on any atom is -0.310 e. The van der Waals surface area contributed by atoms with E-state index in [4.69, 9.17) is 0 Å². The molecule has 2 heteroatoms. The monoisotopic (exact) mass is 841 g/mol. The zero-order chi connectivity index (χ0) is 45.6. The fourth-order valence-electron chi connectivity index (χ4n) is 10.8. The average molecular weight is 841 g/mol. The summed E-state index contributed by atoms with van der Waals surface area (Å²) in [6, 6.07) is 51.8. The van der Waals surface area contributed by atoms with Gasteiger partial charge in [-0.3, -0.25) is 0 Å². The average Bonchev–Trinajstić information content (AvgIpc) is 3.63. The van der Waals surface area contributed by atoms with Crippen molar-refractivity contribution in [2.24, 2.45) is 0 Å². The first kappa shape index (κ1) is 43.4. The Labute approximate surface area is 385 Å². The summed E-state index contributed by atoms with van der Waals surface area (Å²) in [6.45, 7) is 32.6. The van der Waals surface area contributed by atoms with Gasteiger partial charge in [-0.1, -0.05) is 132 Å². The fraction of sp³-hybridized carbons (Fsp3) is 0.323. The highest BCUT2D eigenvalue weighted by Gasteiger charge is 2.43. The molecule has 7 aromatic carbocycles. The van der Waals surface area contributed by atoms with Gasteiger partial charge in [-0.25, -0.2) is 0 Å². The van der Waals surface area contributed by atoms with E-state index in [9.17, 15) is 0 Å². The first-order chi connectivity index (χ1) is 30.4. The fourth-order valence-corrected chi connectivity index (χ4v) is 10.8. The van der Waals surface area contributed by atoms with Crippen molar-refractivity contribution in [2.75, 3.05) is 9.80 Å². The van der Waals surface area contributed by atoms with Crippen molar-refractivity contribution in [1.29, 1.82) is 0 Å². The molecule has 0 spiro atoms. The Kier molecular flexibility index (Phi) is 10.8. The van der Waals surface area contributed by atoms with Crippen LogP contribution in [0.25, 0.3) is 22.3 Å². The van der Waals surface area contributed by atoms with Gasteiger partial charge in [-0.15, -0.1) is 0 Å². The van der Waals surface area contributed by atoms with Crippen LogP contribution in [0.4, 0.5) is 34.1 Å². The van der Waals surface area contributed by atoms with Crippen molar-refractivity contribution >= 4 is 34.1 Å². The molecule has 2 aliphatic rings. The molecule has 0 radical (unpaired) electrons. The number of rotatable bonds is 10. The molecular weight excluding hydrogens is 773 g/mol. The third-order valence-corrected chi connectivity index (χ3v) is 14.8. The van der Waals surface area contributed by atoms with Crippen LogP contribution in [0.3, 0.4) is 0 Å². The van der Waals surface area contributed by atoms with Crippen LogP contribution in [0.5, 0.6) is 0 Å². The Bertz CT molecular complexity index is 2560. The molecule has 9 rings (SSSR count). The predicted octanol–water partition coefficient (Wildman–Crippen LogP) is 18.3. The van der Waals surface area contributed by atoms with E-state index in [-0.39, 0.29) is 10.8 Å². The summed E-state index contributed by atoms with van der Waals surface area (Å²) in [7, 11) is 0. The maximum Gasteiger partial charge on any atom is 0.0467 e. The lowest BCUT2D eigenvalue weighted by Crippen LogP contribution is -2.18. The summed E-state index contributed by atoms with van der Waals surface area (Å²) in [6.07, 6.45) is 0. The molecule has 0 aromatic heterocycles. The van der Waals surface area contributed by atoms with Crippen molar-refractivity contribution in [3.8, 4) is 22.3 Å². The van der Waals surface area contributed by atoms with Crippen molar-refractivity contribution in [2.45, 2.75) is 131 Å². The molecule has 0 heterocycles. The zero-order valence-corrected chi connectivity index (χ0v) is 40.9. The van der Waals surface area contributed by atoms with Gasteiger partial charge in [0.2, 0.25) is 0 Å². The van der Waals surface area contributed by atoms with Crippen LogP contribution in [0.15, 0.2) is 133 Å². The third-order valence-electron chi connectivity index (χ3n) is 14.8. The molecule has 2 nitrogen and oxygen atoms in total. The van der Waals surface area contributed by atoms with Crippen LogP contribution >= 0.6 is 0 Å². The second kappa shape index (κ2) is 16.0. The van der Waals surface area contributed by atoms with Crippen LogP contribution in [0.2, 0.25) is 0 Å². The normalized spacial score (nSPS) is 14.3. The van der Waals surface area contributed by atoms with Crippen LogP contribution in [-0.2, 0) is 10.8 Å². The second-order valence-electron chi connectivity index (χ2n) is 21.2. The maximum atomic E-state index is 2.57. The van der Waals surface area contributed by atoms with Gasteiger partial charge in [0.15, 0.2) is 0 Å². The van der Waals surface area contributed by atoms with Gasteiger partial charge in [0.05, 0.1) is 0 Å². The number of anilines is 6. The quantitative estimate of drug-likeness (QED) is 0.135. The van der Waals surface area contributed by atoms with Gasteiger partial charge >= 0.3 is 0 Å². The molecular formula is C62H68N2. The zero-order valence-electron chi connectivity index (χ0n) is 40.9. The van der Waals surface area contributed by atoms with E-state index in [2.05, 4.69) is 240 Å². The largest absolute Gasteiger partial charge is 0.310 e. The van der Waals surface area contributed by atoms with E-state index in [0.717, 1.165) is 0 Å². The third kappa shape index (κ3) is 7.18. The molecule has 0 unspecified atom stereocenters. The second-order valence-corrected chi connectivity index (χ2v) is 21.2. The van der Waals surface area contributed by atoms with E-state index < -0.39 is 0 Å². The predicted molar refractivity (Wildman–Crippen MR) is 277 cm³/mol. The van der Waals surface area contributed by atoms with E-state index >= 15 is 0 Å². The highest BCUT2D eigenvalue weighted by atomic mass is 15.1. The summed E-state index contributed by atoms with van der Waals surface area (Å²) in [5, 5.41) is 0. The molecule has 0 aliphatic heterocycles. The van der Waals surface area contributed by atoms with Crippen molar-refractivity contribution in [1.82, 2.24) is 0 Å². The van der Waals surface area contributed by atoms with Gasteiger partial charge in [-0.05, 0) is 200 Å². The Morgan fingerprint density at radius 3 is 0.797 bits per heavy atom. The lowest BCUT2D eigenvalue weighted by molar-refractivity contribution is 0.652. The van der Waals surface area contributed by atoms with E-state index in [1.54, 1.807) is 0 Å². The van der Waals surface area contributed by atoms with Crippen LogP contribution in [-0.4, -0.2) is 0 Å². The number of hydrogen-bond acceptors (Lipinski definition) is 2. The summed E-state index contributed by atoms with van der Waals surface area (Å²) in [4.78, 5) is 4.92. The minimum atomic E-state index is -0.197. The van der Waals surface area contributed by atoms with E-state index in [1.807, 2.05) is 0 Å². The number of aryl methyl sites for hydroxylation is 2. The van der Waals surface area contributed by atoms with Gasteiger partial charge in [-0.2, -0.15) is 0 Å². The molecule has 0 N–H and O–H groups in total. The molecule has 0 saturated heterocycles. The summed E-state index contributed by atoms with van der Waals surface area (Å²) >= 11 is 0. The van der Waals surface area contributed by atoms with Crippen molar-refractivity contribution in [3.05, 3.63) is 189 Å². The molecule has 0 fully saturated rings. The van der Waals surface area contributed by atoms with Crippen LogP contribution in [0, 0.1) is 13.8 Å². The van der Waals surface area contributed by atoms with E-state index in [1.165, 1.54) is 112 Å². The smallest absolute Gasteiger partial charge is 0.0467 e. The Morgan fingerprint density at radius 2 is 0.562 bits per heavy atom. The van der Waals surface area contributed by atoms with Gasteiger partial charge in [0.1, 0.15) is 0 Å². The standard InChI is InChI=1S/C62H68N2/c1-37(2)43-15-23-47(24-16-43)63(48-25-17-44(18-26-48)38(3)4)51-31-41(9)59-53-35-56-54(36-55(53)61(11,12)57(59)33-51)60-42(10)32-52(34-58(60)62(56,13)14)64(49-27-19-45(20-28-49)39(5)6)50-29-21-46(22-30-50)40(7)8/h15-40H,1-14H3. The molecule has 0 saturated carbocycles. The summed E-state index contributed by atoms with van der Waals surface area (Å²) in [5.41, 5.74) is 26.0.